The van der Waals surface area contributed by atoms with Crippen LogP contribution in [0.25, 0.3) is 22.0 Å². The lowest BCUT2D eigenvalue weighted by Crippen LogP contribution is -2.15. The second-order valence-corrected chi connectivity index (χ2v) is 5.28. The van der Waals surface area contributed by atoms with Crippen molar-refractivity contribution < 1.29 is 32.5 Å². The van der Waals surface area contributed by atoms with E-state index in [1.165, 1.54) is 25.3 Å². The van der Waals surface area contributed by atoms with Crippen molar-refractivity contribution in [3.63, 3.8) is 0 Å². The Morgan fingerprint density at radius 2 is 1.81 bits per heavy atom. The van der Waals surface area contributed by atoms with E-state index in [1.807, 2.05) is 0 Å². The molecular weight excluding hydrogens is 351 g/mol. The summed E-state index contributed by atoms with van der Waals surface area (Å²) in [7, 11) is 1.41. The number of nitrogens with zero attached hydrogens (tertiary/aromatic N) is 1. The van der Waals surface area contributed by atoms with E-state index in [0.29, 0.717) is 11.3 Å². The highest BCUT2D eigenvalue weighted by Gasteiger charge is 2.39. The normalized spacial score (nSPS) is 11.4. The number of benzene rings is 2. The second kappa shape index (κ2) is 6.55. The third-order valence-corrected chi connectivity index (χ3v) is 3.67. The summed E-state index contributed by atoms with van der Waals surface area (Å²) in [6.07, 6.45) is -6.76. The Kier molecular flexibility index (Phi) is 4.41. The Bertz CT molecular complexity index is 972. The maximum atomic E-state index is 13.5. The topological polar surface area (TPSA) is 68.7 Å². The molecule has 3 aromatic rings. The summed E-state index contributed by atoms with van der Waals surface area (Å²) in [6, 6.07) is 12.4. The molecule has 0 atom stereocenters. The van der Waals surface area contributed by atoms with E-state index < -0.39 is 23.8 Å². The summed E-state index contributed by atoms with van der Waals surface area (Å²) < 4.78 is 50.2. The minimum atomic E-state index is -4.90. The number of hydrogen-bond donors (Lipinski definition) is 1. The third kappa shape index (κ3) is 3.26. The number of methoxy groups -OCH3 is 1. The number of aromatic nitrogens is 1. The van der Waals surface area contributed by atoms with Crippen LogP contribution in [0.15, 0.2) is 48.5 Å². The van der Waals surface area contributed by atoms with Crippen LogP contribution in [0.2, 0.25) is 0 Å². The van der Waals surface area contributed by atoms with Crippen molar-refractivity contribution in [1.82, 2.24) is 4.98 Å². The van der Waals surface area contributed by atoms with Crippen molar-refractivity contribution in [3.05, 3.63) is 54.2 Å². The van der Waals surface area contributed by atoms with Crippen LogP contribution in [0.5, 0.6) is 11.5 Å². The van der Waals surface area contributed by atoms with Crippen LogP contribution in [0.1, 0.15) is 5.69 Å². The first-order valence-corrected chi connectivity index (χ1v) is 7.36. The molecule has 134 valence electrons. The average molecular weight is 363 g/mol. The molecule has 0 aliphatic carbocycles. The molecule has 0 aliphatic rings. The van der Waals surface area contributed by atoms with Crippen LogP contribution < -0.4 is 9.47 Å². The van der Waals surface area contributed by atoms with E-state index in [2.05, 4.69) is 9.72 Å². The first kappa shape index (κ1) is 17.5. The van der Waals surface area contributed by atoms with Gasteiger partial charge in [-0.1, -0.05) is 30.3 Å². The van der Waals surface area contributed by atoms with E-state index in [1.54, 1.807) is 30.3 Å². The molecule has 0 unspecified atom stereocenters. The van der Waals surface area contributed by atoms with Gasteiger partial charge in [-0.15, -0.1) is 0 Å². The first-order valence-electron chi connectivity index (χ1n) is 7.36. The van der Waals surface area contributed by atoms with E-state index >= 15 is 0 Å². The molecule has 1 N–H and O–H groups in total. The van der Waals surface area contributed by atoms with Crippen LogP contribution in [-0.2, 0) is 6.18 Å². The number of rotatable bonds is 3. The lowest BCUT2D eigenvalue weighted by atomic mass is 9.98. The molecule has 0 bridgehead atoms. The van der Waals surface area contributed by atoms with Gasteiger partial charge in [0.2, 0.25) is 0 Å². The molecule has 5 nitrogen and oxygen atoms in total. The fraction of sp³-hybridized carbons (Fsp3) is 0.111. The van der Waals surface area contributed by atoms with Gasteiger partial charge in [0.15, 0.2) is 11.4 Å². The Morgan fingerprint density at radius 1 is 1.12 bits per heavy atom. The van der Waals surface area contributed by atoms with Crippen LogP contribution in [-0.4, -0.2) is 23.4 Å². The first-order chi connectivity index (χ1) is 12.3. The summed E-state index contributed by atoms with van der Waals surface area (Å²) in [6.45, 7) is 0. The molecule has 0 radical (unpaired) electrons. The maximum Gasteiger partial charge on any atom is 0.511 e. The number of ether oxygens (including phenoxy) is 2. The molecule has 0 amide bonds. The summed E-state index contributed by atoms with van der Waals surface area (Å²) in [4.78, 5) is 14.6. The SMILES string of the molecule is COc1ccc2nc(C(F)(F)F)c(OC(=O)O)c(-c3ccccc3)c2c1. The quantitative estimate of drug-likeness (QED) is 0.664. The van der Waals surface area contributed by atoms with Crippen LogP contribution in [0.3, 0.4) is 0 Å². The summed E-state index contributed by atoms with van der Waals surface area (Å²) in [5, 5.41) is 9.24. The molecule has 1 aromatic heterocycles. The van der Waals surface area contributed by atoms with Gasteiger partial charge in [-0.3, -0.25) is 0 Å². The lowest BCUT2D eigenvalue weighted by Gasteiger charge is -2.17. The van der Waals surface area contributed by atoms with Gasteiger partial charge in [-0.2, -0.15) is 13.2 Å². The minimum Gasteiger partial charge on any atom is -0.497 e. The number of halogens is 3. The Labute approximate surface area is 145 Å². The number of fused-ring (bicyclic) bond motifs is 1. The smallest absolute Gasteiger partial charge is 0.497 e. The number of alkyl halides is 3. The van der Waals surface area contributed by atoms with Crippen molar-refractivity contribution >= 4 is 17.1 Å². The molecule has 0 spiro atoms. The van der Waals surface area contributed by atoms with Crippen molar-refractivity contribution in [2.75, 3.05) is 7.11 Å². The number of hydrogen-bond acceptors (Lipinski definition) is 4. The second-order valence-electron chi connectivity index (χ2n) is 5.28. The standard InChI is InChI=1S/C18H12F3NO4/c1-25-11-7-8-13-12(9-11)14(10-5-3-2-4-6-10)15(26-17(23)24)16(22-13)18(19,20)21/h2-9H,1H3,(H,23,24). The monoisotopic (exact) mass is 363 g/mol. The molecular formula is C18H12F3NO4. The van der Waals surface area contributed by atoms with Gasteiger partial charge < -0.3 is 14.6 Å². The van der Waals surface area contributed by atoms with Crippen LogP contribution in [0.4, 0.5) is 18.0 Å². The minimum absolute atomic E-state index is 0.0239. The van der Waals surface area contributed by atoms with Crippen molar-refractivity contribution in [3.8, 4) is 22.6 Å². The van der Waals surface area contributed by atoms with Crippen molar-refractivity contribution in [1.29, 1.82) is 0 Å². The summed E-state index contributed by atoms with van der Waals surface area (Å²) >= 11 is 0. The summed E-state index contributed by atoms with van der Waals surface area (Å²) in [5.41, 5.74) is -1.04. The highest BCUT2D eigenvalue weighted by atomic mass is 19.4. The van der Waals surface area contributed by atoms with E-state index in [-0.39, 0.29) is 16.5 Å². The Hall–Kier alpha value is -3.29. The fourth-order valence-corrected chi connectivity index (χ4v) is 2.62. The molecule has 8 heteroatoms. The van der Waals surface area contributed by atoms with Gasteiger partial charge in [-0.25, -0.2) is 9.78 Å². The fourth-order valence-electron chi connectivity index (χ4n) is 2.62. The number of carboxylic acid groups (broad SMARTS) is 1. The van der Waals surface area contributed by atoms with E-state index in [0.717, 1.165) is 0 Å². The highest BCUT2D eigenvalue weighted by Crippen LogP contribution is 2.45. The molecule has 0 saturated carbocycles. The van der Waals surface area contributed by atoms with Crippen molar-refractivity contribution in [2.45, 2.75) is 6.18 Å². The molecule has 2 aromatic carbocycles. The Balaban J connectivity index is 2.48. The Morgan fingerprint density at radius 3 is 2.38 bits per heavy atom. The zero-order valence-corrected chi connectivity index (χ0v) is 13.4. The van der Waals surface area contributed by atoms with Gasteiger partial charge in [0.1, 0.15) is 5.75 Å². The average Bonchev–Trinajstić information content (AvgIpc) is 2.60. The third-order valence-electron chi connectivity index (χ3n) is 3.67. The van der Waals surface area contributed by atoms with Gasteiger partial charge in [0.05, 0.1) is 12.6 Å². The lowest BCUT2D eigenvalue weighted by molar-refractivity contribution is -0.142. The number of pyridine rings is 1. The number of carbonyl (C=O) groups is 1. The maximum absolute atomic E-state index is 13.5. The van der Waals surface area contributed by atoms with Gasteiger partial charge in [-0.05, 0) is 23.8 Å². The van der Waals surface area contributed by atoms with Crippen LogP contribution >= 0.6 is 0 Å². The molecule has 0 fully saturated rings. The summed E-state index contributed by atoms with van der Waals surface area (Å²) in [5.74, 6) is -0.477. The van der Waals surface area contributed by atoms with Gasteiger partial charge >= 0.3 is 12.3 Å². The van der Waals surface area contributed by atoms with Gasteiger partial charge in [0, 0.05) is 10.9 Å². The zero-order chi connectivity index (χ0) is 18.9. The molecule has 0 saturated heterocycles. The van der Waals surface area contributed by atoms with Crippen molar-refractivity contribution in [2.24, 2.45) is 0 Å². The zero-order valence-electron chi connectivity index (χ0n) is 13.4. The predicted octanol–water partition coefficient (Wildman–Crippen LogP) is 4.99. The molecule has 26 heavy (non-hydrogen) atoms. The van der Waals surface area contributed by atoms with Crippen LogP contribution in [0, 0.1) is 0 Å². The van der Waals surface area contributed by atoms with E-state index in [4.69, 9.17) is 9.84 Å². The highest BCUT2D eigenvalue weighted by molar-refractivity contribution is 5.99. The van der Waals surface area contributed by atoms with E-state index in [9.17, 15) is 18.0 Å². The predicted molar refractivity (Wildman–Crippen MR) is 87.4 cm³/mol. The largest absolute Gasteiger partial charge is 0.511 e. The van der Waals surface area contributed by atoms with Gasteiger partial charge in [0.25, 0.3) is 0 Å². The molecule has 0 aliphatic heterocycles. The molecule has 1 heterocycles. The molecule has 3 rings (SSSR count).